The van der Waals surface area contributed by atoms with Crippen LogP contribution in [0, 0.1) is 20.2 Å². The van der Waals surface area contributed by atoms with Crippen LogP contribution in [0.2, 0.25) is 0 Å². The Bertz CT molecular complexity index is 1170. The number of carbonyl (C=O) groups is 1. The van der Waals surface area contributed by atoms with Gasteiger partial charge in [-0.15, -0.1) is 0 Å². The van der Waals surface area contributed by atoms with Crippen molar-refractivity contribution >= 4 is 34.6 Å². The molecule has 0 fully saturated rings. The van der Waals surface area contributed by atoms with E-state index in [9.17, 15) is 25.0 Å². The average molecular weight is 437 g/mol. The van der Waals surface area contributed by atoms with Gasteiger partial charge in [-0.05, 0) is 29.7 Å². The molecule has 12 nitrogen and oxygen atoms in total. The number of benzene rings is 2. The van der Waals surface area contributed by atoms with Crippen molar-refractivity contribution in [2.45, 2.75) is 19.8 Å². The zero-order chi connectivity index (χ0) is 23.3. The van der Waals surface area contributed by atoms with Crippen LogP contribution in [0.5, 0.6) is 0 Å². The third-order valence-corrected chi connectivity index (χ3v) is 4.48. The van der Waals surface area contributed by atoms with Crippen molar-refractivity contribution < 1.29 is 14.6 Å². The molecule has 1 aromatic heterocycles. The van der Waals surface area contributed by atoms with Gasteiger partial charge in [0.25, 0.3) is 11.6 Å². The second-order valence-electron chi connectivity index (χ2n) is 6.93. The van der Waals surface area contributed by atoms with Gasteiger partial charge in [0.05, 0.1) is 9.85 Å². The fourth-order valence-electron chi connectivity index (χ4n) is 2.83. The van der Waals surface area contributed by atoms with Crippen LogP contribution in [-0.2, 0) is 0 Å². The molecule has 0 saturated carbocycles. The lowest BCUT2D eigenvalue weighted by Gasteiger charge is -2.12. The van der Waals surface area contributed by atoms with Gasteiger partial charge >= 0.3 is 5.69 Å². The van der Waals surface area contributed by atoms with Crippen LogP contribution in [0.25, 0.3) is 0 Å². The number of nitrogens with one attached hydrogen (secondary N) is 3. The van der Waals surface area contributed by atoms with E-state index in [1.165, 1.54) is 24.3 Å². The van der Waals surface area contributed by atoms with Crippen LogP contribution in [0.15, 0.2) is 54.9 Å². The molecule has 0 aliphatic carbocycles. The van der Waals surface area contributed by atoms with E-state index in [4.69, 9.17) is 0 Å². The molecule has 12 heteroatoms. The first-order chi connectivity index (χ1) is 15.3. The summed E-state index contributed by atoms with van der Waals surface area (Å²) in [6, 6.07) is 12.6. The summed E-state index contributed by atoms with van der Waals surface area (Å²) in [5.74, 6) is -0.913. The summed E-state index contributed by atoms with van der Waals surface area (Å²) in [4.78, 5) is 41.5. The summed E-state index contributed by atoms with van der Waals surface area (Å²) in [6.07, 6.45) is 1.08. The summed E-state index contributed by atoms with van der Waals surface area (Å²) in [7, 11) is 0. The molecule has 0 saturated heterocycles. The second-order valence-corrected chi connectivity index (χ2v) is 6.93. The number of hydrazine groups is 1. The van der Waals surface area contributed by atoms with Gasteiger partial charge in [-0.2, -0.15) is 0 Å². The molecule has 0 unspecified atom stereocenters. The van der Waals surface area contributed by atoms with Crippen molar-refractivity contribution in [2.75, 3.05) is 10.7 Å². The smallest absolute Gasteiger partial charge is 0.334 e. The molecule has 32 heavy (non-hydrogen) atoms. The quantitative estimate of drug-likeness (QED) is 0.350. The maximum absolute atomic E-state index is 12.4. The van der Waals surface area contributed by atoms with E-state index < -0.39 is 27.1 Å². The average Bonchev–Trinajstić information content (AvgIpc) is 2.77. The lowest BCUT2D eigenvalue weighted by atomic mass is 10.0. The van der Waals surface area contributed by atoms with Gasteiger partial charge in [-0.1, -0.05) is 38.1 Å². The molecular weight excluding hydrogens is 418 g/mol. The Morgan fingerprint density at radius 1 is 0.938 bits per heavy atom. The molecule has 1 amide bonds. The molecule has 3 N–H and O–H groups in total. The molecule has 0 bridgehead atoms. The Morgan fingerprint density at radius 3 is 2.22 bits per heavy atom. The minimum absolute atomic E-state index is 0.0928. The molecule has 164 valence electrons. The third kappa shape index (κ3) is 4.92. The van der Waals surface area contributed by atoms with Gasteiger partial charge in [-0.3, -0.25) is 35.9 Å². The number of rotatable bonds is 8. The monoisotopic (exact) mass is 437 g/mol. The number of nitrogens with zero attached hydrogens (tertiary/aromatic N) is 4. The molecule has 0 spiro atoms. The summed E-state index contributed by atoms with van der Waals surface area (Å²) in [6.45, 7) is 4.10. The molecule has 0 aliphatic heterocycles. The van der Waals surface area contributed by atoms with Gasteiger partial charge in [0.15, 0.2) is 0 Å². The minimum Gasteiger partial charge on any atom is -0.334 e. The van der Waals surface area contributed by atoms with Crippen LogP contribution in [0.4, 0.5) is 28.7 Å². The van der Waals surface area contributed by atoms with Crippen LogP contribution in [0.3, 0.4) is 0 Å². The predicted octanol–water partition coefficient (Wildman–Crippen LogP) is 3.92. The largest absolute Gasteiger partial charge is 0.355 e. The Hall–Kier alpha value is -4.61. The van der Waals surface area contributed by atoms with E-state index in [-0.39, 0.29) is 17.2 Å². The summed E-state index contributed by atoms with van der Waals surface area (Å²) in [5.41, 5.74) is 5.10. The molecule has 3 rings (SSSR count). The zero-order valence-electron chi connectivity index (χ0n) is 17.1. The number of hydrogen-bond donors (Lipinski definition) is 3. The van der Waals surface area contributed by atoms with Gasteiger partial charge in [-0.25, -0.2) is 9.97 Å². The molecule has 0 atom stereocenters. The Balaban J connectivity index is 1.83. The van der Waals surface area contributed by atoms with Gasteiger partial charge in [0.1, 0.15) is 11.9 Å². The Morgan fingerprint density at radius 2 is 1.59 bits per heavy atom. The number of anilines is 3. The van der Waals surface area contributed by atoms with Gasteiger partial charge in [0, 0.05) is 11.8 Å². The standard InChI is InChI=1S/C20H19N7O5/c1-12(2)13-7-9-14(10-8-13)23-18-17(27(31)32)19(22-11-21-18)24-25-20(28)15-5-3-4-6-16(15)26(29)30/h3-12H,1-2H3,(H,25,28)(H2,21,22,23,24). The fourth-order valence-corrected chi connectivity index (χ4v) is 2.83. The van der Waals surface area contributed by atoms with Gasteiger partial charge in [0.2, 0.25) is 11.6 Å². The first kappa shape index (κ1) is 22.1. The molecule has 0 radical (unpaired) electrons. The fraction of sp³-hybridized carbons (Fsp3) is 0.150. The number of nitro groups is 2. The number of para-hydroxylation sites is 1. The number of carbonyl (C=O) groups excluding carboxylic acids is 1. The van der Waals surface area contributed by atoms with Crippen LogP contribution in [0.1, 0.15) is 35.7 Å². The molecule has 1 heterocycles. The lowest BCUT2D eigenvalue weighted by Crippen LogP contribution is -2.30. The van der Waals surface area contributed by atoms with Crippen LogP contribution < -0.4 is 16.2 Å². The number of amides is 1. The highest BCUT2D eigenvalue weighted by Crippen LogP contribution is 2.31. The van der Waals surface area contributed by atoms with E-state index in [1.807, 2.05) is 26.0 Å². The highest BCUT2D eigenvalue weighted by Gasteiger charge is 2.25. The van der Waals surface area contributed by atoms with Crippen molar-refractivity contribution in [3.63, 3.8) is 0 Å². The predicted molar refractivity (Wildman–Crippen MR) is 117 cm³/mol. The van der Waals surface area contributed by atoms with Crippen molar-refractivity contribution in [3.8, 4) is 0 Å². The number of aromatic nitrogens is 2. The normalized spacial score (nSPS) is 10.5. The maximum Gasteiger partial charge on any atom is 0.355 e. The molecular formula is C20H19N7O5. The lowest BCUT2D eigenvalue weighted by molar-refractivity contribution is -0.385. The van der Waals surface area contributed by atoms with Crippen molar-refractivity contribution in [3.05, 3.63) is 86.2 Å². The Kier molecular flexibility index (Phi) is 6.53. The first-order valence-corrected chi connectivity index (χ1v) is 9.44. The van der Waals surface area contributed by atoms with Gasteiger partial charge < -0.3 is 5.32 Å². The van der Waals surface area contributed by atoms with E-state index in [0.29, 0.717) is 11.6 Å². The van der Waals surface area contributed by atoms with Crippen molar-refractivity contribution in [1.82, 2.24) is 15.4 Å². The Labute approximate surface area is 182 Å². The van der Waals surface area contributed by atoms with Crippen molar-refractivity contribution in [1.29, 1.82) is 0 Å². The second kappa shape index (κ2) is 9.47. The van der Waals surface area contributed by atoms with Crippen LogP contribution >= 0.6 is 0 Å². The topological polar surface area (TPSA) is 165 Å². The van der Waals surface area contributed by atoms with Crippen LogP contribution in [-0.4, -0.2) is 25.7 Å². The molecule has 2 aromatic carbocycles. The van der Waals surface area contributed by atoms with E-state index in [2.05, 4.69) is 26.1 Å². The summed E-state index contributed by atoms with van der Waals surface area (Å²) >= 11 is 0. The highest BCUT2D eigenvalue weighted by atomic mass is 16.6. The zero-order valence-corrected chi connectivity index (χ0v) is 17.1. The maximum atomic E-state index is 12.4. The van der Waals surface area contributed by atoms with Crippen molar-refractivity contribution in [2.24, 2.45) is 0 Å². The summed E-state index contributed by atoms with van der Waals surface area (Å²) < 4.78 is 0. The number of nitro benzene ring substituents is 1. The minimum atomic E-state index is -0.857. The first-order valence-electron chi connectivity index (χ1n) is 9.44. The number of hydrogen-bond acceptors (Lipinski definition) is 9. The SMILES string of the molecule is CC(C)c1ccc(Nc2ncnc(NNC(=O)c3ccccc3[N+](=O)[O-])c2[N+](=O)[O-])cc1. The van der Waals surface area contributed by atoms with E-state index in [0.717, 1.165) is 11.9 Å². The molecule has 0 aliphatic rings. The third-order valence-electron chi connectivity index (χ3n) is 4.48. The van der Waals surface area contributed by atoms with E-state index in [1.54, 1.807) is 12.1 Å². The summed E-state index contributed by atoms with van der Waals surface area (Å²) in [5, 5.41) is 25.7. The highest BCUT2D eigenvalue weighted by molar-refractivity contribution is 5.98. The van der Waals surface area contributed by atoms with E-state index >= 15 is 0 Å². The molecule has 3 aromatic rings.